The molecule has 5 nitrogen and oxygen atoms in total. The molecule has 1 amide bonds. The Hall–Kier alpha value is -1.88. The smallest absolute Gasteiger partial charge is 0.321 e. The minimum atomic E-state index is -0.992. The molecular formula is C18H28N2O3. The summed E-state index contributed by atoms with van der Waals surface area (Å²) >= 11 is 0. The second kappa shape index (κ2) is 9.30. The number of carbonyl (C=O) groups is 2. The minimum absolute atomic E-state index is 0.0752. The van der Waals surface area contributed by atoms with Gasteiger partial charge in [0.15, 0.2) is 0 Å². The van der Waals surface area contributed by atoms with Gasteiger partial charge >= 0.3 is 5.97 Å². The van der Waals surface area contributed by atoms with Gasteiger partial charge in [-0.05, 0) is 44.9 Å². The standard InChI is InChI=1S/C18H28N2O3/c1-5-6-7-8-19-15(18(22)23)11-16(21)20-17-13(3)9-12(2)10-14(17)4/h9-10,15,19H,5-8,11H2,1-4H3,(H,20,21)(H,22,23). The van der Waals surface area contributed by atoms with Gasteiger partial charge in [0.1, 0.15) is 6.04 Å². The van der Waals surface area contributed by atoms with Crippen molar-refractivity contribution < 1.29 is 14.7 Å². The molecule has 0 aliphatic carbocycles. The molecule has 23 heavy (non-hydrogen) atoms. The van der Waals surface area contributed by atoms with Crippen LogP contribution in [0.25, 0.3) is 0 Å². The molecule has 0 aromatic heterocycles. The van der Waals surface area contributed by atoms with Crippen molar-refractivity contribution in [3.63, 3.8) is 0 Å². The van der Waals surface area contributed by atoms with Crippen LogP contribution in [0.4, 0.5) is 5.69 Å². The van der Waals surface area contributed by atoms with Crippen LogP contribution in [0.3, 0.4) is 0 Å². The van der Waals surface area contributed by atoms with Crippen molar-refractivity contribution in [2.24, 2.45) is 0 Å². The van der Waals surface area contributed by atoms with Gasteiger partial charge in [-0.25, -0.2) is 0 Å². The zero-order valence-electron chi connectivity index (χ0n) is 14.5. The number of carboxylic acid groups (broad SMARTS) is 1. The van der Waals surface area contributed by atoms with E-state index < -0.39 is 12.0 Å². The lowest BCUT2D eigenvalue weighted by atomic mass is 10.0. The summed E-state index contributed by atoms with van der Waals surface area (Å²) in [4.78, 5) is 23.5. The van der Waals surface area contributed by atoms with Gasteiger partial charge in [-0.3, -0.25) is 9.59 Å². The van der Waals surface area contributed by atoms with E-state index in [1.54, 1.807) is 0 Å². The maximum Gasteiger partial charge on any atom is 0.321 e. The van der Waals surface area contributed by atoms with E-state index in [2.05, 4.69) is 17.6 Å². The highest BCUT2D eigenvalue weighted by atomic mass is 16.4. The quantitative estimate of drug-likeness (QED) is 0.611. The number of hydrogen-bond acceptors (Lipinski definition) is 3. The van der Waals surface area contributed by atoms with E-state index in [1.807, 2.05) is 32.9 Å². The van der Waals surface area contributed by atoms with Crippen molar-refractivity contribution >= 4 is 17.6 Å². The third kappa shape index (κ3) is 6.40. The first kappa shape index (κ1) is 19.2. The number of aliphatic carboxylic acids is 1. The maximum atomic E-state index is 12.2. The molecule has 1 atom stereocenters. The molecule has 0 spiro atoms. The highest BCUT2D eigenvalue weighted by Crippen LogP contribution is 2.22. The number of hydrogen-bond donors (Lipinski definition) is 3. The molecule has 5 heteroatoms. The first-order valence-corrected chi connectivity index (χ1v) is 8.19. The lowest BCUT2D eigenvalue weighted by molar-refractivity contribution is -0.141. The molecule has 0 radical (unpaired) electrons. The van der Waals surface area contributed by atoms with Crippen molar-refractivity contribution in [3.05, 3.63) is 28.8 Å². The van der Waals surface area contributed by atoms with Gasteiger partial charge < -0.3 is 15.7 Å². The number of aryl methyl sites for hydroxylation is 3. The first-order valence-electron chi connectivity index (χ1n) is 8.19. The molecule has 1 aromatic carbocycles. The van der Waals surface area contributed by atoms with E-state index in [0.717, 1.165) is 41.6 Å². The Bertz CT molecular complexity index is 532. The number of anilines is 1. The van der Waals surface area contributed by atoms with Crippen molar-refractivity contribution in [2.45, 2.75) is 59.4 Å². The van der Waals surface area contributed by atoms with Crippen LogP contribution in [0.1, 0.15) is 49.3 Å². The van der Waals surface area contributed by atoms with Crippen LogP contribution in [0.5, 0.6) is 0 Å². The van der Waals surface area contributed by atoms with Crippen LogP contribution in [-0.4, -0.2) is 29.6 Å². The van der Waals surface area contributed by atoms with Crippen molar-refractivity contribution in [1.29, 1.82) is 0 Å². The molecular weight excluding hydrogens is 292 g/mol. The van der Waals surface area contributed by atoms with E-state index in [1.165, 1.54) is 0 Å². The largest absolute Gasteiger partial charge is 0.480 e. The Kier molecular flexibility index (Phi) is 7.75. The summed E-state index contributed by atoms with van der Waals surface area (Å²) in [5.41, 5.74) is 3.88. The minimum Gasteiger partial charge on any atom is -0.480 e. The fraction of sp³-hybridized carbons (Fsp3) is 0.556. The van der Waals surface area contributed by atoms with E-state index in [-0.39, 0.29) is 12.3 Å². The Labute approximate surface area is 138 Å². The Morgan fingerprint density at radius 2 is 1.74 bits per heavy atom. The third-order valence-corrected chi connectivity index (χ3v) is 3.80. The number of unbranched alkanes of at least 4 members (excludes halogenated alkanes) is 2. The Morgan fingerprint density at radius 1 is 1.13 bits per heavy atom. The molecule has 128 valence electrons. The molecule has 1 rings (SSSR count). The monoisotopic (exact) mass is 320 g/mol. The molecule has 0 aliphatic rings. The highest BCUT2D eigenvalue weighted by molar-refractivity contribution is 5.95. The summed E-state index contributed by atoms with van der Waals surface area (Å²) in [6.45, 7) is 8.59. The Balaban J connectivity index is 2.64. The van der Waals surface area contributed by atoms with E-state index in [9.17, 15) is 14.7 Å². The van der Waals surface area contributed by atoms with Gasteiger partial charge in [0, 0.05) is 5.69 Å². The van der Waals surface area contributed by atoms with Crippen LogP contribution in [-0.2, 0) is 9.59 Å². The fourth-order valence-electron chi connectivity index (χ4n) is 2.65. The number of amides is 1. The molecule has 0 saturated heterocycles. The second-order valence-corrected chi connectivity index (χ2v) is 6.08. The maximum absolute atomic E-state index is 12.2. The second-order valence-electron chi connectivity index (χ2n) is 6.08. The number of nitrogens with one attached hydrogen (secondary N) is 2. The summed E-state index contributed by atoms with van der Waals surface area (Å²) in [5.74, 6) is -1.27. The number of carbonyl (C=O) groups excluding carboxylic acids is 1. The van der Waals surface area contributed by atoms with E-state index in [4.69, 9.17) is 0 Å². The van der Waals surface area contributed by atoms with Crippen LogP contribution < -0.4 is 10.6 Å². The van der Waals surface area contributed by atoms with E-state index >= 15 is 0 Å². The SMILES string of the molecule is CCCCCNC(CC(=O)Nc1c(C)cc(C)cc1C)C(=O)O. The number of benzene rings is 1. The zero-order valence-corrected chi connectivity index (χ0v) is 14.5. The van der Waals surface area contributed by atoms with Gasteiger partial charge in [-0.15, -0.1) is 0 Å². The average Bonchev–Trinajstić information content (AvgIpc) is 2.45. The normalized spacial score (nSPS) is 12.0. The van der Waals surface area contributed by atoms with Crippen LogP contribution in [0.15, 0.2) is 12.1 Å². The fourth-order valence-corrected chi connectivity index (χ4v) is 2.65. The molecule has 3 N–H and O–H groups in total. The average molecular weight is 320 g/mol. The topological polar surface area (TPSA) is 78.4 Å². The molecule has 0 bridgehead atoms. The Morgan fingerprint density at radius 3 is 2.26 bits per heavy atom. The van der Waals surface area contributed by atoms with Crippen LogP contribution >= 0.6 is 0 Å². The molecule has 0 fully saturated rings. The summed E-state index contributed by atoms with van der Waals surface area (Å²) < 4.78 is 0. The van der Waals surface area contributed by atoms with Gasteiger partial charge in [0.05, 0.1) is 6.42 Å². The van der Waals surface area contributed by atoms with E-state index in [0.29, 0.717) is 6.54 Å². The summed E-state index contributed by atoms with van der Waals surface area (Å²) in [6.07, 6.45) is 2.96. The summed E-state index contributed by atoms with van der Waals surface area (Å²) in [5, 5.41) is 15.0. The lowest BCUT2D eigenvalue weighted by Crippen LogP contribution is -2.40. The molecule has 0 heterocycles. The number of carboxylic acids is 1. The van der Waals surface area contributed by atoms with Gasteiger partial charge in [0.2, 0.25) is 5.91 Å². The zero-order chi connectivity index (χ0) is 17.4. The van der Waals surface area contributed by atoms with Crippen molar-refractivity contribution in [3.8, 4) is 0 Å². The predicted molar refractivity (Wildman–Crippen MR) is 92.9 cm³/mol. The summed E-state index contributed by atoms with van der Waals surface area (Å²) in [7, 11) is 0. The molecule has 0 saturated carbocycles. The van der Waals surface area contributed by atoms with Crippen molar-refractivity contribution in [1.82, 2.24) is 5.32 Å². The van der Waals surface area contributed by atoms with Gasteiger partial charge in [-0.1, -0.05) is 37.5 Å². The predicted octanol–water partition coefficient (Wildman–Crippen LogP) is 3.17. The van der Waals surface area contributed by atoms with Gasteiger partial charge in [-0.2, -0.15) is 0 Å². The molecule has 0 aliphatic heterocycles. The van der Waals surface area contributed by atoms with Gasteiger partial charge in [0.25, 0.3) is 0 Å². The third-order valence-electron chi connectivity index (χ3n) is 3.80. The van der Waals surface area contributed by atoms with Crippen LogP contribution in [0.2, 0.25) is 0 Å². The molecule has 1 unspecified atom stereocenters. The van der Waals surface area contributed by atoms with Crippen molar-refractivity contribution in [2.75, 3.05) is 11.9 Å². The number of rotatable bonds is 9. The lowest BCUT2D eigenvalue weighted by Gasteiger charge is -2.16. The summed E-state index contributed by atoms with van der Waals surface area (Å²) in [6, 6.07) is 3.15. The molecule has 1 aromatic rings. The van der Waals surface area contributed by atoms with Crippen LogP contribution in [0, 0.1) is 20.8 Å². The first-order chi connectivity index (χ1) is 10.8. The highest BCUT2D eigenvalue weighted by Gasteiger charge is 2.21.